The molecule has 1 unspecified atom stereocenters. The van der Waals surface area contributed by atoms with E-state index >= 15 is 0 Å². The van der Waals surface area contributed by atoms with Crippen LogP contribution in [0.1, 0.15) is 68.2 Å². The highest BCUT2D eigenvalue weighted by molar-refractivity contribution is 7.13. The van der Waals surface area contributed by atoms with Crippen LogP contribution >= 0.6 is 22.9 Å². The van der Waals surface area contributed by atoms with E-state index in [4.69, 9.17) is 11.6 Å². The van der Waals surface area contributed by atoms with E-state index in [0.29, 0.717) is 61.8 Å². The quantitative estimate of drug-likeness (QED) is 0.193. The molecule has 2 aromatic carbocycles. The fraction of sp³-hybridized carbons (Fsp3) is 0.515. The topological polar surface area (TPSA) is 78.4 Å². The number of aryl methyl sites for hydroxylation is 3. The SMILES string of the molecule is Cc1ccc(CCC(=O)N2C[C@@H](CC(C)C)N(C(=O)CCc3ccc(C(F)(F)F)cc3)CC2CCCNc2nncs2)c(Cl)c1. The molecule has 2 heterocycles. The van der Waals surface area contributed by atoms with Gasteiger partial charge < -0.3 is 15.1 Å². The second kappa shape index (κ2) is 15.9. The third-order valence-electron chi connectivity index (χ3n) is 8.16. The van der Waals surface area contributed by atoms with Crippen LogP contribution in [0.5, 0.6) is 0 Å². The second-order valence-corrected chi connectivity index (χ2v) is 13.4. The zero-order valence-corrected chi connectivity index (χ0v) is 27.5. The molecule has 0 spiro atoms. The van der Waals surface area contributed by atoms with Crippen molar-refractivity contribution < 1.29 is 22.8 Å². The minimum Gasteiger partial charge on any atom is -0.360 e. The van der Waals surface area contributed by atoms with Crippen LogP contribution in [-0.4, -0.2) is 63.5 Å². The van der Waals surface area contributed by atoms with Gasteiger partial charge in [-0.25, -0.2) is 0 Å². The minimum atomic E-state index is -4.40. The Hall–Kier alpha value is -3.18. The van der Waals surface area contributed by atoms with Gasteiger partial charge in [0, 0.05) is 49.6 Å². The summed E-state index contributed by atoms with van der Waals surface area (Å²) in [5, 5.41) is 12.5. The van der Waals surface area contributed by atoms with Crippen LogP contribution < -0.4 is 5.32 Å². The lowest BCUT2D eigenvalue weighted by atomic mass is 9.94. The molecule has 244 valence electrons. The summed E-state index contributed by atoms with van der Waals surface area (Å²) in [4.78, 5) is 31.3. The first-order chi connectivity index (χ1) is 21.4. The molecule has 0 bridgehead atoms. The molecule has 0 aliphatic carbocycles. The summed E-state index contributed by atoms with van der Waals surface area (Å²) in [6.07, 6.45) is -0.818. The third kappa shape index (κ3) is 10.2. The van der Waals surface area contributed by atoms with Gasteiger partial charge in [-0.3, -0.25) is 9.59 Å². The van der Waals surface area contributed by atoms with E-state index in [2.05, 4.69) is 29.4 Å². The molecule has 2 atom stereocenters. The molecule has 1 aliphatic heterocycles. The molecule has 2 amide bonds. The summed E-state index contributed by atoms with van der Waals surface area (Å²) in [6, 6.07) is 10.5. The monoisotopic (exact) mass is 663 g/mol. The smallest absolute Gasteiger partial charge is 0.360 e. The molecule has 1 N–H and O–H groups in total. The predicted molar refractivity (Wildman–Crippen MR) is 172 cm³/mol. The molecule has 7 nitrogen and oxygen atoms in total. The number of nitrogens with zero attached hydrogens (tertiary/aromatic N) is 4. The molecule has 1 fully saturated rings. The zero-order valence-electron chi connectivity index (χ0n) is 25.9. The molecular formula is C33H41ClF3N5O2S. The second-order valence-electron chi connectivity index (χ2n) is 12.1. The Morgan fingerprint density at radius 3 is 2.31 bits per heavy atom. The Labute approximate surface area is 272 Å². The summed E-state index contributed by atoms with van der Waals surface area (Å²) < 4.78 is 39.0. The number of halogens is 4. The van der Waals surface area contributed by atoms with Crippen LogP contribution in [0.25, 0.3) is 0 Å². The Morgan fingerprint density at radius 2 is 1.69 bits per heavy atom. The molecule has 0 radical (unpaired) electrons. The molecule has 4 rings (SSSR count). The van der Waals surface area contributed by atoms with Crippen LogP contribution in [0, 0.1) is 12.8 Å². The summed E-state index contributed by atoms with van der Waals surface area (Å²) in [5.41, 5.74) is 3.63. The maximum absolute atomic E-state index is 13.8. The number of benzene rings is 2. The molecule has 12 heteroatoms. The first-order valence-corrected chi connectivity index (χ1v) is 16.7. The Morgan fingerprint density at radius 1 is 1.02 bits per heavy atom. The van der Waals surface area contributed by atoms with Crippen LogP contribution in [-0.2, 0) is 28.6 Å². The Bertz CT molecular complexity index is 1400. The van der Waals surface area contributed by atoms with Gasteiger partial charge >= 0.3 is 6.18 Å². The molecule has 45 heavy (non-hydrogen) atoms. The number of hydrogen-bond acceptors (Lipinski definition) is 6. The maximum Gasteiger partial charge on any atom is 0.416 e. The van der Waals surface area contributed by atoms with E-state index in [9.17, 15) is 22.8 Å². The molecule has 1 aromatic heterocycles. The summed E-state index contributed by atoms with van der Waals surface area (Å²) in [6.45, 7) is 7.69. The van der Waals surface area contributed by atoms with Crippen molar-refractivity contribution in [1.29, 1.82) is 0 Å². The van der Waals surface area contributed by atoms with Gasteiger partial charge in [-0.15, -0.1) is 10.2 Å². The van der Waals surface area contributed by atoms with Crippen molar-refractivity contribution in [2.45, 2.75) is 84.0 Å². The van der Waals surface area contributed by atoms with Crippen molar-refractivity contribution in [3.63, 3.8) is 0 Å². The van der Waals surface area contributed by atoms with Gasteiger partial charge in [-0.05, 0) is 79.8 Å². The van der Waals surface area contributed by atoms with Crippen molar-refractivity contribution in [2.24, 2.45) is 5.92 Å². The summed E-state index contributed by atoms with van der Waals surface area (Å²) in [5.74, 6) is 0.298. The number of hydrogen-bond donors (Lipinski definition) is 1. The molecule has 3 aromatic rings. The van der Waals surface area contributed by atoms with Gasteiger partial charge in [0.1, 0.15) is 5.51 Å². The van der Waals surface area contributed by atoms with Gasteiger partial charge in [0.2, 0.25) is 16.9 Å². The third-order valence-corrected chi connectivity index (χ3v) is 9.16. The van der Waals surface area contributed by atoms with E-state index in [1.165, 1.54) is 23.5 Å². The number of rotatable bonds is 13. The maximum atomic E-state index is 13.8. The number of carbonyl (C=O) groups is 2. The highest BCUT2D eigenvalue weighted by atomic mass is 35.5. The van der Waals surface area contributed by atoms with Gasteiger partial charge in [0.15, 0.2) is 0 Å². The molecule has 0 saturated carbocycles. The molecular weight excluding hydrogens is 623 g/mol. The highest BCUT2D eigenvalue weighted by Crippen LogP contribution is 2.30. The van der Waals surface area contributed by atoms with E-state index in [-0.39, 0.29) is 30.3 Å². The number of alkyl halides is 3. The van der Waals surface area contributed by atoms with Crippen molar-refractivity contribution in [1.82, 2.24) is 20.0 Å². The fourth-order valence-electron chi connectivity index (χ4n) is 5.83. The molecule has 1 saturated heterocycles. The number of amides is 2. The van der Waals surface area contributed by atoms with Crippen molar-refractivity contribution in [3.8, 4) is 0 Å². The first kappa shape index (κ1) is 34.7. The van der Waals surface area contributed by atoms with Crippen molar-refractivity contribution in [2.75, 3.05) is 25.0 Å². The van der Waals surface area contributed by atoms with Crippen LogP contribution in [0.2, 0.25) is 5.02 Å². The van der Waals surface area contributed by atoms with Gasteiger partial charge in [-0.1, -0.05) is 61.1 Å². The van der Waals surface area contributed by atoms with E-state index in [1.807, 2.05) is 34.9 Å². The Kier molecular flexibility index (Phi) is 12.2. The standard InChI is InChI=1S/C33H41ClF3N5O2S/c1-22(2)17-28-20-41(31(44)15-11-25-10-6-23(3)18-29(25)34)27(5-4-16-38-32-40-39-21-45-32)19-42(28)30(43)14-9-24-7-12-26(13-8-24)33(35,36)37/h6-8,10,12-13,18,21-22,27-28H,4-5,9,11,14-17,19-20H2,1-3H3,(H,38,40)/t27?,28-/m1/s1. The lowest BCUT2D eigenvalue weighted by molar-refractivity contribution is -0.147. The van der Waals surface area contributed by atoms with E-state index in [0.717, 1.165) is 41.2 Å². The average molecular weight is 664 g/mol. The number of aromatic nitrogens is 2. The van der Waals surface area contributed by atoms with E-state index in [1.54, 1.807) is 5.51 Å². The van der Waals surface area contributed by atoms with Gasteiger partial charge in [0.25, 0.3) is 0 Å². The number of carbonyl (C=O) groups excluding carboxylic acids is 2. The van der Waals surface area contributed by atoms with Crippen molar-refractivity contribution in [3.05, 3.63) is 75.3 Å². The van der Waals surface area contributed by atoms with Gasteiger partial charge in [0.05, 0.1) is 5.56 Å². The summed E-state index contributed by atoms with van der Waals surface area (Å²) >= 11 is 7.87. The normalized spacial score (nSPS) is 17.2. The first-order valence-electron chi connectivity index (χ1n) is 15.4. The number of piperazine rings is 1. The van der Waals surface area contributed by atoms with E-state index < -0.39 is 11.7 Å². The highest BCUT2D eigenvalue weighted by Gasteiger charge is 2.38. The largest absolute Gasteiger partial charge is 0.416 e. The fourth-order valence-corrected chi connectivity index (χ4v) is 6.64. The summed E-state index contributed by atoms with van der Waals surface area (Å²) in [7, 11) is 0. The number of nitrogens with one attached hydrogen (secondary N) is 1. The van der Waals surface area contributed by atoms with Crippen molar-refractivity contribution >= 4 is 39.9 Å². The van der Waals surface area contributed by atoms with Crippen LogP contribution in [0.4, 0.5) is 18.3 Å². The molecule has 1 aliphatic rings. The number of anilines is 1. The van der Waals surface area contributed by atoms with Crippen LogP contribution in [0.3, 0.4) is 0 Å². The van der Waals surface area contributed by atoms with Gasteiger partial charge in [-0.2, -0.15) is 13.2 Å². The average Bonchev–Trinajstić information content (AvgIpc) is 3.51. The minimum absolute atomic E-state index is 0.0410. The predicted octanol–water partition coefficient (Wildman–Crippen LogP) is 7.43. The lowest BCUT2D eigenvalue weighted by Gasteiger charge is -2.47. The Balaban J connectivity index is 1.46. The zero-order chi connectivity index (χ0) is 32.6. The van der Waals surface area contributed by atoms with Crippen LogP contribution in [0.15, 0.2) is 48.0 Å². The lowest BCUT2D eigenvalue weighted by Crippen LogP contribution is -2.61.